The van der Waals surface area contributed by atoms with Crippen LogP contribution in [0.3, 0.4) is 0 Å². The van der Waals surface area contributed by atoms with E-state index in [2.05, 4.69) is 10.6 Å². The van der Waals surface area contributed by atoms with E-state index in [1.54, 1.807) is 0 Å². The van der Waals surface area contributed by atoms with Gasteiger partial charge in [0.1, 0.15) is 0 Å². The molecule has 1 saturated carbocycles. The van der Waals surface area contributed by atoms with Crippen LogP contribution in [-0.2, 0) is 9.59 Å². The maximum Gasteiger partial charge on any atom is 0.227 e. The van der Waals surface area contributed by atoms with Crippen molar-refractivity contribution in [3.8, 4) is 0 Å². The minimum atomic E-state index is -0.375. The summed E-state index contributed by atoms with van der Waals surface area (Å²) in [5.41, 5.74) is 5.43. The molecule has 0 heterocycles. The second-order valence-electron chi connectivity index (χ2n) is 5.75. The number of hydrogen-bond donors (Lipinski definition) is 3. The molecule has 0 aliphatic heterocycles. The van der Waals surface area contributed by atoms with Crippen LogP contribution in [-0.4, -0.2) is 31.4 Å². The van der Waals surface area contributed by atoms with E-state index < -0.39 is 0 Å². The molecule has 0 bridgehead atoms. The van der Waals surface area contributed by atoms with Crippen LogP contribution in [0.2, 0.25) is 0 Å². The molecular weight excluding hydrogens is 242 g/mol. The van der Waals surface area contributed by atoms with Crippen molar-refractivity contribution in [1.29, 1.82) is 0 Å². The van der Waals surface area contributed by atoms with E-state index in [1.807, 2.05) is 13.8 Å². The first kappa shape index (κ1) is 16.0. The highest BCUT2D eigenvalue weighted by atomic mass is 16.2. The smallest absolute Gasteiger partial charge is 0.227 e. The lowest BCUT2D eigenvalue weighted by Gasteiger charge is -2.34. The van der Waals surface area contributed by atoms with Gasteiger partial charge in [-0.1, -0.05) is 33.1 Å². The zero-order valence-corrected chi connectivity index (χ0v) is 12.1. The Balaban J connectivity index is 2.31. The predicted molar refractivity (Wildman–Crippen MR) is 75.4 cm³/mol. The largest absolute Gasteiger partial charge is 0.354 e. The molecular formula is C14H27N3O2. The van der Waals surface area contributed by atoms with Gasteiger partial charge in [-0.15, -0.1) is 0 Å². The fraction of sp³-hybridized carbons (Fsp3) is 0.857. The Hall–Kier alpha value is -1.10. The third kappa shape index (κ3) is 4.49. The molecule has 110 valence electrons. The fourth-order valence-corrected chi connectivity index (χ4v) is 2.51. The van der Waals surface area contributed by atoms with Gasteiger partial charge in [0.25, 0.3) is 0 Å². The number of amides is 2. The topological polar surface area (TPSA) is 84.2 Å². The van der Waals surface area contributed by atoms with Crippen molar-refractivity contribution < 1.29 is 9.59 Å². The Morgan fingerprint density at radius 1 is 1.11 bits per heavy atom. The summed E-state index contributed by atoms with van der Waals surface area (Å²) in [5.74, 6) is 0.0402. The Bertz CT molecular complexity index is 310. The Labute approximate surface area is 115 Å². The Morgan fingerprint density at radius 3 is 2.21 bits per heavy atom. The van der Waals surface area contributed by atoms with Gasteiger partial charge in [-0.05, 0) is 12.8 Å². The number of nitrogens with one attached hydrogen (secondary N) is 2. The minimum Gasteiger partial charge on any atom is -0.354 e. The summed E-state index contributed by atoms with van der Waals surface area (Å²) in [7, 11) is 0. The van der Waals surface area contributed by atoms with Crippen molar-refractivity contribution in [3.05, 3.63) is 0 Å². The molecule has 0 radical (unpaired) electrons. The number of carbonyl (C=O) groups is 2. The van der Waals surface area contributed by atoms with Crippen LogP contribution in [0.1, 0.15) is 46.0 Å². The summed E-state index contributed by atoms with van der Waals surface area (Å²) >= 11 is 0. The lowest BCUT2D eigenvalue weighted by Crippen LogP contribution is -2.48. The maximum absolute atomic E-state index is 12.2. The molecule has 0 aromatic rings. The van der Waals surface area contributed by atoms with E-state index >= 15 is 0 Å². The minimum absolute atomic E-state index is 0.0143. The average molecular weight is 269 g/mol. The van der Waals surface area contributed by atoms with Crippen molar-refractivity contribution >= 4 is 11.8 Å². The van der Waals surface area contributed by atoms with E-state index in [4.69, 9.17) is 5.73 Å². The Kier molecular flexibility index (Phi) is 6.28. The maximum atomic E-state index is 12.2. The van der Waals surface area contributed by atoms with Crippen molar-refractivity contribution in [2.75, 3.05) is 19.6 Å². The normalized spacial score (nSPS) is 18.1. The molecule has 1 rings (SSSR count). The second kappa shape index (κ2) is 7.48. The van der Waals surface area contributed by atoms with Crippen LogP contribution in [0.15, 0.2) is 0 Å². The highest BCUT2D eigenvalue weighted by Crippen LogP contribution is 2.35. The van der Waals surface area contributed by atoms with E-state index in [0.717, 1.165) is 25.7 Å². The fourth-order valence-electron chi connectivity index (χ4n) is 2.51. The molecule has 0 atom stereocenters. The number of rotatable bonds is 6. The van der Waals surface area contributed by atoms with Gasteiger partial charge in [0.15, 0.2) is 0 Å². The second-order valence-corrected chi connectivity index (χ2v) is 5.75. The van der Waals surface area contributed by atoms with Crippen molar-refractivity contribution in [3.63, 3.8) is 0 Å². The third-order valence-corrected chi connectivity index (χ3v) is 3.92. The summed E-state index contributed by atoms with van der Waals surface area (Å²) in [5, 5.41) is 5.69. The summed E-state index contributed by atoms with van der Waals surface area (Å²) in [6.45, 7) is 5.05. The molecule has 0 saturated heterocycles. The molecule has 4 N–H and O–H groups in total. The SMILES string of the molecule is CC(C)C(=O)NCCNC(=O)C1(CN)CCCCC1. The van der Waals surface area contributed by atoms with E-state index in [1.165, 1.54) is 6.42 Å². The molecule has 0 aromatic heterocycles. The monoisotopic (exact) mass is 269 g/mol. The average Bonchev–Trinajstić information content (AvgIpc) is 2.43. The first-order chi connectivity index (χ1) is 9.02. The number of carbonyl (C=O) groups excluding carboxylic acids is 2. The lowest BCUT2D eigenvalue weighted by molar-refractivity contribution is -0.132. The molecule has 0 spiro atoms. The molecule has 2 amide bonds. The van der Waals surface area contributed by atoms with Gasteiger partial charge in [-0.25, -0.2) is 0 Å². The molecule has 1 fully saturated rings. The van der Waals surface area contributed by atoms with Crippen molar-refractivity contribution in [2.24, 2.45) is 17.1 Å². The first-order valence-electron chi connectivity index (χ1n) is 7.28. The summed E-state index contributed by atoms with van der Waals surface area (Å²) in [6, 6.07) is 0. The summed E-state index contributed by atoms with van der Waals surface area (Å²) in [4.78, 5) is 23.6. The Morgan fingerprint density at radius 2 is 1.68 bits per heavy atom. The van der Waals surface area contributed by atoms with E-state index in [0.29, 0.717) is 19.6 Å². The van der Waals surface area contributed by atoms with Crippen LogP contribution in [0, 0.1) is 11.3 Å². The van der Waals surface area contributed by atoms with Gasteiger partial charge >= 0.3 is 0 Å². The van der Waals surface area contributed by atoms with Gasteiger partial charge in [0, 0.05) is 25.6 Å². The highest BCUT2D eigenvalue weighted by molar-refractivity contribution is 5.83. The van der Waals surface area contributed by atoms with Gasteiger partial charge in [-0.2, -0.15) is 0 Å². The molecule has 5 nitrogen and oxygen atoms in total. The van der Waals surface area contributed by atoms with Crippen LogP contribution in [0.4, 0.5) is 0 Å². The predicted octanol–water partition coefficient (Wildman–Crippen LogP) is 0.784. The molecule has 0 unspecified atom stereocenters. The first-order valence-corrected chi connectivity index (χ1v) is 7.28. The number of hydrogen-bond acceptors (Lipinski definition) is 3. The molecule has 5 heteroatoms. The number of nitrogens with two attached hydrogens (primary N) is 1. The van der Waals surface area contributed by atoms with Crippen LogP contribution < -0.4 is 16.4 Å². The van der Waals surface area contributed by atoms with Crippen molar-refractivity contribution in [2.45, 2.75) is 46.0 Å². The molecule has 1 aliphatic carbocycles. The van der Waals surface area contributed by atoms with Gasteiger partial charge in [0.05, 0.1) is 5.41 Å². The zero-order chi connectivity index (χ0) is 14.3. The van der Waals surface area contributed by atoms with Gasteiger partial charge in [0.2, 0.25) is 11.8 Å². The third-order valence-electron chi connectivity index (χ3n) is 3.92. The highest BCUT2D eigenvalue weighted by Gasteiger charge is 2.37. The van der Waals surface area contributed by atoms with Crippen molar-refractivity contribution in [1.82, 2.24) is 10.6 Å². The zero-order valence-electron chi connectivity index (χ0n) is 12.1. The summed E-state index contributed by atoms with van der Waals surface area (Å²) < 4.78 is 0. The molecule has 1 aliphatic rings. The molecule has 0 aromatic carbocycles. The standard InChI is InChI=1S/C14H27N3O2/c1-11(2)12(18)16-8-9-17-13(19)14(10-15)6-4-3-5-7-14/h11H,3-10,15H2,1-2H3,(H,16,18)(H,17,19). The molecule has 19 heavy (non-hydrogen) atoms. The summed E-state index contributed by atoms with van der Waals surface area (Å²) in [6.07, 6.45) is 5.12. The quantitative estimate of drug-likeness (QED) is 0.623. The van der Waals surface area contributed by atoms with Crippen LogP contribution >= 0.6 is 0 Å². The van der Waals surface area contributed by atoms with Crippen LogP contribution in [0.25, 0.3) is 0 Å². The van der Waals surface area contributed by atoms with Crippen LogP contribution in [0.5, 0.6) is 0 Å². The lowest BCUT2D eigenvalue weighted by atomic mass is 9.73. The van der Waals surface area contributed by atoms with Gasteiger partial charge < -0.3 is 16.4 Å². The van der Waals surface area contributed by atoms with Gasteiger partial charge in [-0.3, -0.25) is 9.59 Å². The van der Waals surface area contributed by atoms with E-state index in [9.17, 15) is 9.59 Å². The van der Waals surface area contributed by atoms with E-state index in [-0.39, 0.29) is 23.1 Å².